The number of hydrogen-bond donors (Lipinski definition) is 1. The van der Waals surface area contributed by atoms with Gasteiger partial charge in [-0.1, -0.05) is 0 Å². The van der Waals surface area contributed by atoms with Crippen molar-refractivity contribution in [2.24, 2.45) is 0 Å². The molecule has 1 aliphatic rings. The Balaban J connectivity index is 2.55. The second kappa shape index (κ2) is 8.52. The Morgan fingerprint density at radius 1 is 1.20 bits per heavy atom. The van der Waals surface area contributed by atoms with E-state index in [1.54, 1.807) is 13.8 Å². The highest BCUT2D eigenvalue weighted by atomic mass is 16.6. The number of carbonyl (C=O) groups is 3. The molecule has 1 atom stereocenters. The van der Waals surface area contributed by atoms with Gasteiger partial charge >= 0.3 is 11.9 Å². The van der Waals surface area contributed by atoms with Crippen LogP contribution in [0.25, 0.3) is 0 Å². The number of amides is 1. The highest BCUT2D eigenvalue weighted by Crippen LogP contribution is 2.15. The van der Waals surface area contributed by atoms with Crippen molar-refractivity contribution >= 4 is 17.8 Å². The van der Waals surface area contributed by atoms with Gasteiger partial charge in [-0.25, -0.2) is 9.59 Å². The van der Waals surface area contributed by atoms with Crippen molar-refractivity contribution in [2.45, 2.75) is 45.3 Å². The van der Waals surface area contributed by atoms with E-state index in [2.05, 4.69) is 5.32 Å². The van der Waals surface area contributed by atoms with Crippen LogP contribution in [0.4, 0.5) is 0 Å². The van der Waals surface area contributed by atoms with Gasteiger partial charge in [0.15, 0.2) is 0 Å². The zero-order valence-corrected chi connectivity index (χ0v) is 11.8. The van der Waals surface area contributed by atoms with Gasteiger partial charge in [0.1, 0.15) is 0 Å². The van der Waals surface area contributed by atoms with E-state index in [-0.39, 0.29) is 25.7 Å². The Labute approximate surface area is 117 Å². The molecule has 1 amide bonds. The Hall–Kier alpha value is -1.63. The molecule has 20 heavy (non-hydrogen) atoms. The minimum atomic E-state index is -1.41. The summed E-state index contributed by atoms with van der Waals surface area (Å²) >= 11 is 0. The predicted molar refractivity (Wildman–Crippen MR) is 68.8 cm³/mol. The fourth-order valence-corrected chi connectivity index (χ4v) is 1.90. The molecule has 1 N–H and O–H groups in total. The minimum absolute atomic E-state index is 0.120. The first-order valence-corrected chi connectivity index (χ1v) is 6.82. The zero-order chi connectivity index (χ0) is 15.0. The van der Waals surface area contributed by atoms with Crippen molar-refractivity contribution in [1.82, 2.24) is 5.32 Å². The van der Waals surface area contributed by atoms with Crippen molar-refractivity contribution in [3.05, 3.63) is 0 Å². The quantitative estimate of drug-likeness (QED) is 0.530. The van der Waals surface area contributed by atoms with E-state index in [0.29, 0.717) is 6.61 Å². The van der Waals surface area contributed by atoms with Crippen LogP contribution in [0, 0.1) is 0 Å². The third-order valence-electron chi connectivity index (χ3n) is 2.79. The molecule has 0 aromatic heterocycles. The maximum absolute atomic E-state index is 11.8. The van der Waals surface area contributed by atoms with Crippen LogP contribution in [-0.4, -0.2) is 49.8 Å². The normalized spacial score (nSPS) is 17.9. The van der Waals surface area contributed by atoms with Gasteiger partial charge in [-0.3, -0.25) is 4.79 Å². The molecule has 1 unspecified atom stereocenters. The summed E-state index contributed by atoms with van der Waals surface area (Å²) in [5.41, 5.74) is 0. The molecule has 7 heteroatoms. The average Bonchev–Trinajstić information content (AvgIpc) is 2.89. The van der Waals surface area contributed by atoms with Gasteiger partial charge in [0.05, 0.1) is 25.7 Å². The van der Waals surface area contributed by atoms with Crippen LogP contribution in [0.15, 0.2) is 0 Å². The summed E-state index contributed by atoms with van der Waals surface area (Å²) < 4.78 is 14.8. The number of ether oxygens (including phenoxy) is 3. The highest BCUT2D eigenvalue weighted by Gasteiger charge is 2.32. The summed E-state index contributed by atoms with van der Waals surface area (Å²) in [7, 11) is 0. The molecular weight excluding hydrogens is 266 g/mol. The molecule has 1 heterocycles. The molecule has 0 aromatic rings. The molecule has 1 aliphatic heterocycles. The molecular formula is C13H21NO6. The number of hydrogen-bond acceptors (Lipinski definition) is 6. The summed E-state index contributed by atoms with van der Waals surface area (Å²) in [6.45, 7) is 4.12. The lowest BCUT2D eigenvalue weighted by atomic mass is 10.1. The Bertz CT molecular complexity index is 333. The third kappa shape index (κ3) is 5.16. The molecule has 0 saturated carbocycles. The lowest BCUT2D eigenvalue weighted by Gasteiger charge is -2.17. The molecule has 0 aliphatic carbocycles. The molecule has 1 fully saturated rings. The Morgan fingerprint density at radius 2 is 1.80 bits per heavy atom. The first-order chi connectivity index (χ1) is 9.58. The number of carbonyl (C=O) groups excluding carboxylic acids is 3. The highest BCUT2D eigenvalue weighted by molar-refractivity contribution is 6.02. The molecule has 1 rings (SSSR count). The second-order valence-corrected chi connectivity index (χ2v) is 4.34. The standard InChI is InChI=1S/C13H21NO6/c1-3-18-12(16)11(13(17)19-4-2)14-10(15)8-9-6-5-7-20-9/h9,11H,3-8H2,1-2H3,(H,14,15). The van der Waals surface area contributed by atoms with Gasteiger partial charge in [0.2, 0.25) is 11.9 Å². The van der Waals surface area contributed by atoms with E-state index in [4.69, 9.17) is 14.2 Å². The van der Waals surface area contributed by atoms with E-state index in [0.717, 1.165) is 12.8 Å². The van der Waals surface area contributed by atoms with Gasteiger partial charge in [-0.2, -0.15) is 0 Å². The maximum Gasteiger partial charge on any atom is 0.340 e. The van der Waals surface area contributed by atoms with Crippen molar-refractivity contribution in [1.29, 1.82) is 0 Å². The Morgan fingerprint density at radius 3 is 2.25 bits per heavy atom. The van der Waals surface area contributed by atoms with Crippen LogP contribution in [0.2, 0.25) is 0 Å². The topological polar surface area (TPSA) is 90.9 Å². The second-order valence-electron chi connectivity index (χ2n) is 4.34. The molecule has 0 aromatic carbocycles. The smallest absolute Gasteiger partial charge is 0.340 e. The van der Waals surface area contributed by atoms with Gasteiger partial charge in [0.25, 0.3) is 0 Å². The minimum Gasteiger partial charge on any atom is -0.464 e. The molecule has 114 valence electrons. The first kappa shape index (κ1) is 16.4. The first-order valence-electron chi connectivity index (χ1n) is 6.82. The fraction of sp³-hybridized carbons (Fsp3) is 0.769. The maximum atomic E-state index is 11.8. The van der Waals surface area contributed by atoms with Crippen LogP contribution < -0.4 is 5.32 Å². The van der Waals surface area contributed by atoms with Crippen molar-refractivity contribution in [3.63, 3.8) is 0 Å². The molecule has 0 spiro atoms. The molecule has 0 bridgehead atoms. The van der Waals surface area contributed by atoms with E-state index in [1.807, 2.05) is 0 Å². The third-order valence-corrected chi connectivity index (χ3v) is 2.79. The van der Waals surface area contributed by atoms with Gasteiger partial charge in [0, 0.05) is 6.61 Å². The van der Waals surface area contributed by atoms with Crippen molar-refractivity contribution < 1.29 is 28.6 Å². The van der Waals surface area contributed by atoms with Gasteiger partial charge in [-0.05, 0) is 26.7 Å². The Kier molecular flexibility index (Phi) is 7.00. The molecule has 7 nitrogen and oxygen atoms in total. The number of nitrogens with one attached hydrogen (secondary N) is 1. The van der Waals surface area contributed by atoms with Crippen LogP contribution in [0.3, 0.4) is 0 Å². The van der Waals surface area contributed by atoms with Crippen LogP contribution >= 0.6 is 0 Å². The van der Waals surface area contributed by atoms with Crippen LogP contribution in [0.1, 0.15) is 33.1 Å². The van der Waals surface area contributed by atoms with Crippen LogP contribution in [0.5, 0.6) is 0 Å². The predicted octanol–water partition coefficient (Wildman–Crippen LogP) is 0.167. The number of esters is 2. The van der Waals surface area contributed by atoms with Crippen molar-refractivity contribution in [3.8, 4) is 0 Å². The molecule has 1 saturated heterocycles. The fourth-order valence-electron chi connectivity index (χ4n) is 1.90. The zero-order valence-electron chi connectivity index (χ0n) is 11.8. The summed E-state index contributed by atoms with van der Waals surface area (Å²) in [6.07, 6.45) is 1.68. The van der Waals surface area contributed by atoms with Crippen molar-refractivity contribution in [2.75, 3.05) is 19.8 Å². The lowest BCUT2D eigenvalue weighted by molar-refractivity contribution is -0.159. The van der Waals surface area contributed by atoms with E-state index in [1.165, 1.54) is 0 Å². The summed E-state index contributed by atoms with van der Waals surface area (Å²) in [5, 5.41) is 2.35. The summed E-state index contributed by atoms with van der Waals surface area (Å²) in [6, 6.07) is -1.41. The van der Waals surface area contributed by atoms with Gasteiger partial charge in [-0.15, -0.1) is 0 Å². The average molecular weight is 287 g/mol. The van der Waals surface area contributed by atoms with E-state index >= 15 is 0 Å². The van der Waals surface area contributed by atoms with Crippen LogP contribution in [-0.2, 0) is 28.6 Å². The summed E-state index contributed by atoms with van der Waals surface area (Å²) in [5.74, 6) is -2.05. The van der Waals surface area contributed by atoms with E-state index in [9.17, 15) is 14.4 Å². The van der Waals surface area contributed by atoms with E-state index < -0.39 is 23.9 Å². The molecule has 0 radical (unpaired) electrons. The SMILES string of the molecule is CCOC(=O)C(NC(=O)CC1CCCO1)C(=O)OCC. The lowest BCUT2D eigenvalue weighted by Crippen LogP contribution is -2.48. The largest absolute Gasteiger partial charge is 0.464 e. The monoisotopic (exact) mass is 287 g/mol. The number of rotatable bonds is 7. The van der Waals surface area contributed by atoms with Gasteiger partial charge < -0.3 is 19.5 Å². The summed E-state index contributed by atoms with van der Waals surface area (Å²) in [4.78, 5) is 35.1.